The third-order valence-corrected chi connectivity index (χ3v) is 5.12. The zero-order valence-electron chi connectivity index (χ0n) is 15.3. The molecule has 0 aliphatic carbocycles. The number of methoxy groups -OCH3 is 2. The smallest absolute Gasteiger partial charge is 0.161 e. The van der Waals surface area contributed by atoms with E-state index in [0.717, 1.165) is 4.88 Å². The maximum Gasteiger partial charge on any atom is 0.161 e. The van der Waals surface area contributed by atoms with Crippen molar-refractivity contribution in [2.75, 3.05) is 19.5 Å². The molecular weight excluding hydrogens is 376 g/mol. The van der Waals surface area contributed by atoms with E-state index in [1.54, 1.807) is 36.4 Å². The lowest BCUT2D eigenvalue weighted by Crippen LogP contribution is -2.34. The van der Waals surface area contributed by atoms with Crippen molar-refractivity contribution in [1.29, 1.82) is 5.26 Å². The molecule has 3 aromatic rings. The lowest BCUT2D eigenvalue weighted by molar-refractivity contribution is -0.307. The Labute approximate surface area is 166 Å². The second-order valence-corrected chi connectivity index (χ2v) is 6.80. The van der Waals surface area contributed by atoms with Crippen LogP contribution < -0.4 is 19.9 Å². The molecule has 0 spiro atoms. The number of carbonyl (C=O) groups is 1. The van der Waals surface area contributed by atoms with E-state index in [0.29, 0.717) is 33.9 Å². The van der Waals surface area contributed by atoms with Crippen LogP contribution in [0.25, 0.3) is 10.4 Å². The van der Waals surface area contributed by atoms with Gasteiger partial charge in [-0.25, -0.2) is 0 Å². The first-order chi connectivity index (χ1) is 13.6. The van der Waals surface area contributed by atoms with Gasteiger partial charge in [-0.2, -0.15) is 5.26 Å². The van der Waals surface area contributed by atoms with E-state index in [1.807, 2.05) is 23.6 Å². The van der Waals surface area contributed by atoms with E-state index in [9.17, 15) is 9.90 Å². The summed E-state index contributed by atoms with van der Waals surface area (Å²) in [5.41, 5.74) is 2.24. The molecule has 0 aliphatic rings. The fourth-order valence-corrected chi connectivity index (χ4v) is 3.61. The van der Waals surface area contributed by atoms with Gasteiger partial charge in [-0.3, -0.25) is 0 Å². The van der Waals surface area contributed by atoms with Crippen molar-refractivity contribution in [3.8, 4) is 28.0 Å². The van der Waals surface area contributed by atoms with Gasteiger partial charge < -0.3 is 24.7 Å². The SMILES string of the molecule is COc1cc(-c2cccs2)c(C(Nc2ccc(C#N)cc2)C(=O)[O-])cc1OC. The number of nitriles is 1. The second-order valence-electron chi connectivity index (χ2n) is 5.86. The van der Waals surface area contributed by atoms with E-state index in [2.05, 4.69) is 5.32 Å². The zero-order chi connectivity index (χ0) is 20.1. The molecule has 0 amide bonds. The molecule has 1 heterocycles. The highest BCUT2D eigenvalue weighted by Gasteiger charge is 2.22. The van der Waals surface area contributed by atoms with Crippen molar-refractivity contribution in [2.45, 2.75) is 6.04 Å². The number of nitrogens with zero attached hydrogens (tertiary/aromatic N) is 1. The number of hydrogen-bond acceptors (Lipinski definition) is 7. The maximum absolute atomic E-state index is 12.0. The third-order valence-electron chi connectivity index (χ3n) is 4.21. The molecule has 0 fully saturated rings. The lowest BCUT2D eigenvalue weighted by Gasteiger charge is -2.25. The summed E-state index contributed by atoms with van der Waals surface area (Å²) < 4.78 is 10.7. The lowest BCUT2D eigenvalue weighted by atomic mass is 9.97. The Morgan fingerprint density at radius 2 is 1.82 bits per heavy atom. The molecule has 3 rings (SSSR count). The van der Waals surface area contributed by atoms with E-state index in [4.69, 9.17) is 14.7 Å². The number of ether oxygens (including phenoxy) is 2. The average Bonchev–Trinajstić information content (AvgIpc) is 3.26. The van der Waals surface area contributed by atoms with Gasteiger partial charge >= 0.3 is 0 Å². The molecule has 7 heteroatoms. The van der Waals surface area contributed by atoms with Crippen molar-refractivity contribution in [3.63, 3.8) is 0 Å². The highest BCUT2D eigenvalue weighted by Crippen LogP contribution is 2.40. The molecular formula is C21H17N2O4S-. The van der Waals surface area contributed by atoms with Gasteiger partial charge in [-0.05, 0) is 53.4 Å². The van der Waals surface area contributed by atoms with Gasteiger partial charge in [-0.15, -0.1) is 11.3 Å². The predicted molar refractivity (Wildman–Crippen MR) is 105 cm³/mol. The number of nitrogens with one attached hydrogen (secondary N) is 1. The molecule has 1 N–H and O–H groups in total. The summed E-state index contributed by atoms with van der Waals surface area (Å²) in [6, 6.07) is 14.6. The van der Waals surface area contributed by atoms with Gasteiger partial charge in [0, 0.05) is 16.1 Å². The molecule has 0 aliphatic heterocycles. The van der Waals surface area contributed by atoms with Crippen molar-refractivity contribution >= 4 is 23.0 Å². The van der Waals surface area contributed by atoms with Crippen LogP contribution in [-0.2, 0) is 4.79 Å². The summed E-state index contributed by atoms with van der Waals surface area (Å²) in [5, 5.41) is 25.8. The molecule has 28 heavy (non-hydrogen) atoms. The van der Waals surface area contributed by atoms with Gasteiger partial charge in [0.15, 0.2) is 11.5 Å². The monoisotopic (exact) mass is 393 g/mol. The van der Waals surface area contributed by atoms with Gasteiger partial charge in [0.2, 0.25) is 0 Å². The minimum Gasteiger partial charge on any atom is -0.548 e. The Morgan fingerprint density at radius 3 is 2.36 bits per heavy atom. The van der Waals surface area contributed by atoms with Gasteiger partial charge in [0.05, 0.1) is 37.9 Å². The van der Waals surface area contributed by atoms with Crippen molar-refractivity contribution < 1.29 is 19.4 Å². The number of carbonyl (C=O) groups excluding carboxylic acids is 1. The van der Waals surface area contributed by atoms with E-state index >= 15 is 0 Å². The quantitative estimate of drug-likeness (QED) is 0.662. The summed E-state index contributed by atoms with van der Waals surface area (Å²) in [5.74, 6) is -0.356. The first kappa shape index (κ1) is 19.3. The number of carboxylic acids is 1. The Hall–Kier alpha value is -3.50. The zero-order valence-corrected chi connectivity index (χ0v) is 16.1. The first-order valence-corrected chi connectivity index (χ1v) is 9.22. The largest absolute Gasteiger partial charge is 0.548 e. The van der Waals surface area contributed by atoms with Gasteiger partial charge in [0.1, 0.15) is 0 Å². The molecule has 1 aromatic heterocycles. The van der Waals surface area contributed by atoms with Crippen LogP contribution in [0.1, 0.15) is 17.2 Å². The van der Waals surface area contributed by atoms with Gasteiger partial charge in [-0.1, -0.05) is 6.07 Å². The number of benzene rings is 2. The molecule has 0 bridgehead atoms. The number of rotatable bonds is 7. The van der Waals surface area contributed by atoms with Crippen molar-refractivity contribution in [1.82, 2.24) is 0 Å². The summed E-state index contributed by atoms with van der Waals surface area (Å²) in [6.07, 6.45) is 0. The van der Waals surface area contributed by atoms with Gasteiger partial charge in [0.25, 0.3) is 0 Å². The van der Waals surface area contributed by atoms with Crippen LogP contribution in [-0.4, -0.2) is 20.2 Å². The van der Waals surface area contributed by atoms with Crippen LogP contribution >= 0.6 is 11.3 Å². The predicted octanol–water partition coefficient (Wildman–Crippen LogP) is 3.21. The number of hydrogen-bond donors (Lipinski definition) is 1. The van der Waals surface area contributed by atoms with Crippen molar-refractivity contribution in [3.05, 3.63) is 65.0 Å². The number of carboxylic acid groups (broad SMARTS) is 1. The fourth-order valence-electron chi connectivity index (χ4n) is 2.85. The standard InChI is InChI=1S/C21H18N2O4S/c1-26-17-10-15(19-4-3-9-28-19)16(11-18(17)27-2)20(21(24)25)23-14-7-5-13(12-22)6-8-14/h3-11,20,23H,1-2H3,(H,24,25)/p-1. The fraction of sp³-hybridized carbons (Fsp3) is 0.143. The van der Waals surface area contributed by atoms with Crippen molar-refractivity contribution in [2.24, 2.45) is 0 Å². The highest BCUT2D eigenvalue weighted by molar-refractivity contribution is 7.13. The minimum absolute atomic E-state index is 0.422. The van der Waals surface area contributed by atoms with E-state index < -0.39 is 12.0 Å². The Morgan fingerprint density at radius 1 is 1.14 bits per heavy atom. The summed E-state index contributed by atoms with van der Waals surface area (Å²) in [6.45, 7) is 0. The average molecular weight is 393 g/mol. The molecule has 0 radical (unpaired) electrons. The molecule has 1 atom stereocenters. The first-order valence-electron chi connectivity index (χ1n) is 8.34. The Kier molecular flexibility index (Phi) is 5.82. The Balaban J connectivity index is 2.10. The third kappa shape index (κ3) is 3.92. The minimum atomic E-state index is -1.28. The second kappa shape index (κ2) is 8.46. The van der Waals surface area contributed by atoms with Crippen LogP contribution in [0.15, 0.2) is 53.9 Å². The maximum atomic E-state index is 12.0. The molecule has 142 valence electrons. The van der Waals surface area contributed by atoms with Crippen LogP contribution in [0, 0.1) is 11.3 Å². The topological polar surface area (TPSA) is 94.4 Å². The molecule has 2 aromatic carbocycles. The van der Waals surface area contributed by atoms with Crippen LogP contribution in [0.2, 0.25) is 0 Å². The normalized spacial score (nSPS) is 11.3. The highest BCUT2D eigenvalue weighted by atomic mass is 32.1. The van der Waals surface area contributed by atoms with Crippen LogP contribution in [0.4, 0.5) is 5.69 Å². The molecule has 0 saturated carbocycles. The molecule has 0 saturated heterocycles. The number of aliphatic carboxylic acids is 1. The summed E-state index contributed by atoms with van der Waals surface area (Å²) in [4.78, 5) is 12.9. The van der Waals surface area contributed by atoms with Crippen LogP contribution in [0.5, 0.6) is 11.5 Å². The number of thiophene rings is 1. The number of anilines is 1. The van der Waals surface area contributed by atoms with Crippen LogP contribution in [0.3, 0.4) is 0 Å². The summed E-state index contributed by atoms with van der Waals surface area (Å²) >= 11 is 1.49. The van der Waals surface area contributed by atoms with E-state index in [1.165, 1.54) is 25.6 Å². The molecule has 1 unspecified atom stereocenters. The molecule has 6 nitrogen and oxygen atoms in total. The summed E-state index contributed by atoms with van der Waals surface area (Å²) in [7, 11) is 3.02. The Bertz CT molecular complexity index is 1010. The van der Waals surface area contributed by atoms with E-state index in [-0.39, 0.29) is 0 Å².